The molecule has 0 atom stereocenters. The van der Waals surface area contributed by atoms with Crippen LogP contribution < -0.4 is 0 Å². The van der Waals surface area contributed by atoms with E-state index in [0.717, 1.165) is 55.1 Å². The van der Waals surface area contributed by atoms with Crippen LogP contribution in [-0.4, -0.2) is 82.8 Å². The van der Waals surface area contributed by atoms with Crippen LogP contribution in [0, 0.1) is 0 Å². The minimum Gasteiger partial charge on any atom is -0.348 e. The van der Waals surface area contributed by atoms with Gasteiger partial charge in [-0.1, -0.05) is 42.5 Å². The van der Waals surface area contributed by atoms with E-state index in [0.29, 0.717) is 19.5 Å². The van der Waals surface area contributed by atoms with Crippen LogP contribution in [0.15, 0.2) is 54.6 Å². The van der Waals surface area contributed by atoms with Crippen molar-refractivity contribution in [1.82, 2.24) is 24.3 Å². The molecular weight excluding hydrogens is 402 g/mol. The summed E-state index contributed by atoms with van der Waals surface area (Å²) in [4.78, 5) is 35.8. The Morgan fingerprint density at radius 1 is 0.906 bits per heavy atom. The molecule has 0 saturated carbocycles. The molecule has 168 valence electrons. The quantitative estimate of drug-likeness (QED) is 0.511. The van der Waals surface area contributed by atoms with E-state index in [1.165, 1.54) is 0 Å². The lowest BCUT2D eigenvalue weighted by atomic mass is 10.1. The Bertz CT molecular complexity index is 1070. The van der Waals surface area contributed by atoms with Crippen LogP contribution in [-0.2, 0) is 17.9 Å². The summed E-state index contributed by atoms with van der Waals surface area (Å²) in [6.07, 6.45) is 0.442. The summed E-state index contributed by atoms with van der Waals surface area (Å²) in [5.41, 5.74) is 2.78. The van der Waals surface area contributed by atoms with E-state index >= 15 is 0 Å². The molecule has 0 aliphatic carbocycles. The second kappa shape index (κ2) is 10.1. The van der Waals surface area contributed by atoms with Crippen molar-refractivity contribution in [3.8, 4) is 0 Å². The molecule has 2 heterocycles. The second-order valence-corrected chi connectivity index (χ2v) is 8.55. The Labute approximate surface area is 189 Å². The average Bonchev–Trinajstić information content (AvgIpc) is 3.16. The van der Waals surface area contributed by atoms with Gasteiger partial charge in [-0.3, -0.25) is 19.4 Å². The maximum atomic E-state index is 12.7. The molecule has 1 amide bonds. The first kappa shape index (κ1) is 22.2. The summed E-state index contributed by atoms with van der Waals surface area (Å²) >= 11 is 0. The number of rotatable bonds is 8. The zero-order valence-electron chi connectivity index (χ0n) is 18.9. The highest BCUT2D eigenvalue weighted by Gasteiger charge is 2.22. The third-order valence-electron chi connectivity index (χ3n) is 6.08. The Kier molecular flexibility index (Phi) is 6.97. The predicted octanol–water partition coefficient (Wildman–Crippen LogP) is 2.52. The van der Waals surface area contributed by atoms with Gasteiger partial charge in [0, 0.05) is 58.8 Å². The number of likely N-dealkylation sites (N-methyl/N-ethyl adjacent to an activating group) is 1. The van der Waals surface area contributed by atoms with Gasteiger partial charge in [-0.05, 0) is 12.1 Å². The normalized spacial score (nSPS) is 15.2. The van der Waals surface area contributed by atoms with Gasteiger partial charge in [0.1, 0.15) is 5.82 Å². The van der Waals surface area contributed by atoms with E-state index in [1.807, 2.05) is 48.5 Å². The number of benzene rings is 2. The van der Waals surface area contributed by atoms with E-state index in [4.69, 9.17) is 4.98 Å². The first-order chi connectivity index (χ1) is 15.5. The first-order valence-electron chi connectivity index (χ1n) is 11.2. The monoisotopic (exact) mass is 433 g/mol. The number of hydrogen-bond donors (Lipinski definition) is 0. The molecule has 0 radical (unpaired) electrons. The van der Waals surface area contributed by atoms with Gasteiger partial charge < -0.3 is 9.47 Å². The van der Waals surface area contributed by atoms with E-state index < -0.39 is 0 Å². The molecule has 7 heteroatoms. The molecule has 1 fully saturated rings. The first-order valence-corrected chi connectivity index (χ1v) is 11.2. The van der Waals surface area contributed by atoms with Gasteiger partial charge in [0.05, 0.1) is 24.1 Å². The topological polar surface area (TPSA) is 61.7 Å². The molecule has 0 bridgehead atoms. The van der Waals surface area contributed by atoms with Crippen LogP contribution in [0.5, 0.6) is 0 Å². The lowest BCUT2D eigenvalue weighted by Crippen LogP contribution is -2.49. The number of aryl methyl sites for hydroxylation is 1. The third-order valence-corrected chi connectivity index (χ3v) is 6.08. The fourth-order valence-electron chi connectivity index (χ4n) is 4.12. The van der Waals surface area contributed by atoms with Crippen LogP contribution in [0.2, 0.25) is 0 Å². The Morgan fingerprint density at radius 2 is 1.56 bits per heavy atom. The zero-order valence-corrected chi connectivity index (χ0v) is 18.9. The fourth-order valence-corrected chi connectivity index (χ4v) is 4.12. The molecule has 3 aromatic rings. The molecule has 7 nitrogen and oxygen atoms in total. The number of carbonyl (C=O) groups is 2. The Balaban J connectivity index is 1.43. The van der Waals surface area contributed by atoms with Crippen molar-refractivity contribution in [1.29, 1.82) is 0 Å². The molecular formula is C25H31N5O2. The minimum absolute atomic E-state index is 0.142. The largest absolute Gasteiger partial charge is 0.348 e. The fraction of sp³-hybridized carbons (Fsp3) is 0.400. The Morgan fingerprint density at radius 3 is 2.28 bits per heavy atom. The zero-order chi connectivity index (χ0) is 22.5. The van der Waals surface area contributed by atoms with E-state index in [-0.39, 0.29) is 11.7 Å². The Hall–Kier alpha value is -3.03. The van der Waals surface area contributed by atoms with Gasteiger partial charge in [0.15, 0.2) is 5.78 Å². The highest BCUT2D eigenvalue weighted by molar-refractivity contribution is 5.96. The van der Waals surface area contributed by atoms with Crippen molar-refractivity contribution in [2.75, 3.05) is 46.8 Å². The molecule has 1 saturated heterocycles. The van der Waals surface area contributed by atoms with Crippen LogP contribution >= 0.6 is 0 Å². The van der Waals surface area contributed by atoms with Gasteiger partial charge in [0.2, 0.25) is 5.91 Å². The molecule has 0 unspecified atom stereocenters. The molecule has 4 rings (SSSR count). The number of amides is 1. The van der Waals surface area contributed by atoms with Crippen molar-refractivity contribution in [2.24, 2.45) is 0 Å². The van der Waals surface area contributed by atoms with Gasteiger partial charge in [0.25, 0.3) is 0 Å². The average molecular weight is 434 g/mol. The maximum absolute atomic E-state index is 12.7. The number of hydrogen-bond acceptors (Lipinski definition) is 5. The van der Waals surface area contributed by atoms with Gasteiger partial charge in [-0.2, -0.15) is 0 Å². The lowest BCUT2D eigenvalue weighted by Gasteiger charge is -2.34. The number of imidazole rings is 1. The molecule has 1 aromatic heterocycles. The van der Waals surface area contributed by atoms with Gasteiger partial charge in [-0.25, -0.2) is 4.98 Å². The smallest absolute Gasteiger partial charge is 0.236 e. The number of para-hydroxylation sites is 2. The summed E-state index contributed by atoms with van der Waals surface area (Å²) in [6, 6.07) is 17.6. The molecule has 0 N–H and O–H groups in total. The van der Waals surface area contributed by atoms with Gasteiger partial charge in [-0.15, -0.1) is 0 Å². The number of nitrogens with zero attached hydrogens (tertiary/aromatic N) is 5. The van der Waals surface area contributed by atoms with E-state index in [9.17, 15) is 9.59 Å². The maximum Gasteiger partial charge on any atom is 0.236 e. The van der Waals surface area contributed by atoms with Gasteiger partial charge >= 0.3 is 0 Å². The summed E-state index contributed by atoms with van der Waals surface area (Å²) in [6.45, 7) is 5.35. The molecule has 1 aliphatic rings. The molecule has 32 heavy (non-hydrogen) atoms. The number of piperazine rings is 1. The number of fused-ring (bicyclic) bond motifs is 1. The van der Waals surface area contributed by atoms with Crippen LogP contribution in [0.4, 0.5) is 0 Å². The highest BCUT2D eigenvalue weighted by atomic mass is 16.2. The molecule has 1 aliphatic heterocycles. The predicted molar refractivity (Wildman–Crippen MR) is 126 cm³/mol. The molecule has 0 spiro atoms. The summed E-state index contributed by atoms with van der Waals surface area (Å²) in [7, 11) is 3.59. The van der Waals surface area contributed by atoms with Crippen molar-refractivity contribution < 1.29 is 9.59 Å². The summed E-state index contributed by atoms with van der Waals surface area (Å²) < 4.78 is 2.19. The number of aromatic nitrogens is 2. The third kappa shape index (κ3) is 5.23. The second-order valence-electron chi connectivity index (χ2n) is 8.55. The SMILES string of the molecule is CN(C)C(=O)CN1CCN(Cc2nc3ccccc3n2CCC(=O)c2ccccc2)CC1. The number of carbonyl (C=O) groups excluding carboxylic acids is 2. The van der Waals surface area contributed by atoms with Crippen molar-refractivity contribution in [3.63, 3.8) is 0 Å². The lowest BCUT2D eigenvalue weighted by molar-refractivity contribution is -0.130. The molecule has 2 aromatic carbocycles. The number of ketones is 1. The van der Waals surface area contributed by atoms with Crippen molar-refractivity contribution >= 4 is 22.7 Å². The standard InChI is InChI=1S/C25H31N5O2/c1-27(2)25(32)19-29-16-14-28(15-17-29)18-24-26-21-10-6-7-11-22(21)30(24)13-12-23(31)20-8-4-3-5-9-20/h3-11H,12-19H2,1-2H3. The van der Waals surface area contributed by atoms with E-state index in [1.54, 1.807) is 19.0 Å². The highest BCUT2D eigenvalue weighted by Crippen LogP contribution is 2.19. The van der Waals surface area contributed by atoms with Crippen LogP contribution in [0.25, 0.3) is 11.0 Å². The summed E-state index contributed by atoms with van der Waals surface area (Å²) in [5, 5.41) is 0. The van der Waals surface area contributed by atoms with Crippen molar-refractivity contribution in [2.45, 2.75) is 19.5 Å². The summed E-state index contributed by atoms with van der Waals surface area (Å²) in [5.74, 6) is 1.28. The van der Waals surface area contributed by atoms with Crippen LogP contribution in [0.1, 0.15) is 22.6 Å². The number of Topliss-reactive ketones (excluding diaryl/α,β-unsaturated/α-hetero) is 1. The minimum atomic E-state index is 0.142. The van der Waals surface area contributed by atoms with E-state index in [2.05, 4.69) is 20.4 Å². The van der Waals surface area contributed by atoms with Crippen molar-refractivity contribution in [3.05, 3.63) is 66.0 Å². The van der Waals surface area contributed by atoms with Crippen LogP contribution in [0.3, 0.4) is 0 Å².